The zero-order valence-corrected chi connectivity index (χ0v) is 18.2. The van der Waals surface area contributed by atoms with Gasteiger partial charge in [-0.3, -0.25) is 4.79 Å². The van der Waals surface area contributed by atoms with Crippen LogP contribution in [0.25, 0.3) is 22.0 Å². The Balaban J connectivity index is 1.62. The van der Waals surface area contributed by atoms with Crippen LogP contribution < -0.4 is 5.32 Å². The number of amides is 1. The monoisotopic (exact) mass is 424 g/mol. The molecule has 5 nitrogen and oxygen atoms in total. The lowest BCUT2D eigenvalue weighted by molar-refractivity contribution is 0.0697. The second-order valence-electron chi connectivity index (χ2n) is 8.74. The highest BCUT2D eigenvalue weighted by Crippen LogP contribution is 2.28. The lowest BCUT2D eigenvalue weighted by Gasteiger charge is -2.19. The van der Waals surface area contributed by atoms with Crippen LogP contribution >= 0.6 is 0 Å². The molecule has 160 valence electrons. The summed E-state index contributed by atoms with van der Waals surface area (Å²) in [7, 11) is 0. The van der Waals surface area contributed by atoms with Crippen LogP contribution in [0.1, 0.15) is 47.1 Å². The lowest BCUT2D eigenvalue weighted by atomic mass is 9.86. The summed E-state index contributed by atoms with van der Waals surface area (Å²) in [5, 5.41) is 12.7. The Morgan fingerprint density at radius 1 is 0.875 bits per heavy atom. The van der Waals surface area contributed by atoms with Crippen molar-refractivity contribution in [2.45, 2.75) is 26.2 Å². The van der Waals surface area contributed by atoms with Gasteiger partial charge in [0.25, 0.3) is 5.91 Å². The molecule has 0 unspecified atom stereocenters. The molecule has 3 aromatic carbocycles. The normalized spacial score (nSPS) is 11.3. The van der Waals surface area contributed by atoms with Gasteiger partial charge in [-0.05, 0) is 58.5 Å². The van der Waals surface area contributed by atoms with Crippen molar-refractivity contribution in [3.63, 3.8) is 0 Å². The summed E-state index contributed by atoms with van der Waals surface area (Å²) < 4.78 is 0. The number of hydrogen-bond acceptors (Lipinski definition) is 3. The van der Waals surface area contributed by atoms with Gasteiger partial charge in [-0.25, -0.2) is 9.78 Å². The maximum atomic E-state index is 13.1. The molecule has 0 bridgehead atoms. The number of carboxylic acid groups (broad SMARTS) is 1. The van der Waals surface area contributed by atoms with Gasteiger partial charge in [0, 0.05) is 10.9 Å². The molecule has 4 aromatic rings. The Morgan fingerprint density at radius 2 is 1.59 bits per heavy atom. The number of carboxylic acids is 1. The van der Waals surface area contributed by atoms with Crippen LogP contribution in [0.2, 0.25) is 0 Å². The van der Waals surface area contributed by atoms with Gasteiger partial charge in [-0.15, -0.1) is 0 Å². The van der Waals surface area contributed by atoms with E-state index in [4.69, 9.17) is 5.11 Å². The molecule has 1 aromatic heterocycles. The molecule has 1 heterocycles. The molecular formula is C27H24N2O3. The van der Waals surface area contributed by atoms with E-state index in [1.165, 1.54) is 11.6 Å². The number of aromatic carboxylic acids is 1. The second kappa shape index (κ2) is 8.27. The predicted octanol–water partition coefficient (Wildman–Crippen LogP) is 6.15. The molecule has 0 aliphatic rings. The number of pyridine rings is 1. The first kappa shape index (κ1) is 21.2. The number of carbonyl (C=O) groups excluding carboxylic acids is 1. The summed E-state index contributed by atoms with van der Waals surface area (Å²) >= 11 is 0. The summed E-state index contributed by atoms with van der Waals surface area (Å²) in [5.41, 5.74) is 4.46. The summed E-state index contributed by atoms with van der Waals surface area (Å²) in [6.07, 6.45) is 0. The summed E-state index contributed by atoms with van der Waals surface area (Å²) in [5.74, 6) is -0.839. The summed E-state index contributed by atoms with van der Waals surface area (Å²) in [6.45, 7) is 6.51. The van der Waals surface area contributed by atoms with Crippen molar-refractivity contribution in [3.05, 3.63) is 95.6 Å². The molecule has 0 saturated carbocycles. The third kappa shape index (κ3) is 4.37. The molecule has 0 fully saturated rings. The maximum Gasteiger partial charge on any atom is 0.335 e. The molecule has 0 radical (unpaired) electrons. The Morgan fingerprint density at radius 3 is 2.28 bits per heavy atom. The number of carbonyl (C=O) groups is 2. The largest absolute Gasteiger partial charge is 0.478 e. The van der Waals surface area contributed by atoms with Gasteiger partial charge in [0.2, 0.25) is 0 Å². The fraction of sp³-hybridized carbons (Fsp3) is 0.148. The summed E-state index contributed by atoms with van der Waals surface area (Å²) in [6, 6.07) is 23.9. The predicted molar refractivity (Wildman–Crippen MR) is 127 cm³/mol. The van der Waals surface area contributed by atoms with E-state index in [0.717, 1.165) is 11.1 Å². The van der Waals surface area contributed by atoms with Crippen molar-refractivity contribution < 1.29 is 14.7 Å². The Hall–Kier alpha value is -3.99. The maximum absolute atomic E-state index is 13.1. The van der Waals surface area contributed by atoms with Gasteiger partial charge in [-0.2, -0.15) is 0 Å². The van der Waals surface area contributed by atoms with Crippen LogP contribution in [0.15, 0.2) is 78.9 Å². The van der Waals surface area contributed by atoms with Gasteiger partial charge in [0.1, 0.15) is 5.82 Å². The zero-order chi connectivity index (χ0) is 22.9. The van der Waals surface area contributed by atoms with Gasteiger partial charge in [0.15, 0.2) is 0 Å². The highest BCUT2D eigenvalue weighted by atomic mass is 16.4. The zero-order valence-electron chi connectivity index (χ0n) is 18.2. The Bertz CT molecular complexity index is 1320. The number of rotatable bonds is 4. The van der Waals surface area contributed by atoms with Crippen molar-refractivity contribution >= 4 is 28.6 Å². The van der Waals surface area contributed by atoms with Gasteiger partial charge < -0.3 is 10.4 Å². The highest BCUT2D eigenvalue weighted by Gasteiger charge is 2.16. The van der Waals surface area contributed by atoms with Crippen molar-refractivity contribution in [2.75, 3.05) is 5.32 Å². The molecule has 0 saturated heterocycles. The van der Waals surface area contributed by atoms with Crippen molar-refractivity contribution in [3.8, 4) is 11.1 Å². The Labute approximate surface area is 186 Å². The van der Waals surface area contributed by atoms with Gasteiger partial charge in [-0.1, -0.05) is 63.2 Å². The topological polar surface area (TPSA) is 79.3 Å². The number of hydrogen-bond donors (Lipinski definition) is 2. The van der Waals surface area contributed by atoms with E-state index in [-0.39, 0.29) is 16.9 Å². The third-order valence-corrected chi connectivity index (χ3v) is 5.41. The van der Waals surface area contributed by atoms with Crippen LogP contribution in [0.4, 0.5) is 5.82 Å². The molecule has 1 amide bonds. The van der Waals surface area contributed by atoms with Crippen molar-refractivity contribution in [1.29, 1.82) is 0 Å². The number of anilines is 1. The van der Waals surface area contributed by atoms with Gasteiger partial charge in [0.05, 0.1) is 11.1 Å². The minimum Gasteiger partial charge on any atom is -0.478 e. The number of nitrogens with zero attached hydrogens (tertiary/aromatic N) is 1. The number of nitrogens with one attached hydrogen (secondary N) is 1. The SMILES string of the molecule is CC(C)(C)c1ccc(-c2ccccc2C(=O)Nc2ccc3cc(C(=O)O)ccc3n2)cc1. The van der Waals surface area contributed by atoms with E-state index in [0.29, 0.717) is 22.3 Å². The fourth-order valence-corrected chi connectivity index (χ4v) is 3.59. The van der Waals surface area contributed by atoms with Gasteiger partial charge >= 0.3 is 5.97 Å². The minimum atomic E-state index is -0.989. The summed E-state index contributed by atoms with van der Waals surface area (Å²) in [4.78, 5) is 28.7. The van der Waals surface area contributed by atoms with Crippen LogP contribution in [0.5, 0.6) is 0 Å². The minimum absolute atomic E-state index is 0.0579. The highest BCUT2D eigenvalue weighted by molar-refractivity contribution is 6.08. The molecular weight excluding hydrogens is 400 g/mol. The third-order valence-electron chi connectivity index (χ3n) is 5.41. The van der Waals surface area contributed by atoms with E-state index < -0.39 is 5.97 Å². The van der Waals surface area contributed by atoms with E-state index >= 15 is 0 Å². The van der Waals surface area contributed by atoms with Crippen LogP contribution in [-0.4, -0.2) is 22.0 Å². The molecule has 2 N–H and O–H groups in total. The number of benzene rings is 3. The first-order chi connectivity index (χ1) is 15.2. The number of aromatic nitrogens is 1. The molecule has 5 heteroatoms. The van der Waals surface area contributed by atoms with Crippen LogP contribution in [0.3, 0.4) is 0 Å². The second-order valence-corrected chi connectivity index (χ2v) is 8.74. The molecule has 32 heavy (non-hydrogen) atoms. The first-order valence-electron chi connectivity index (χ1n) is 10.4. The molecule has 0 atom stereocenters. The fourth-order valence-electron chi connectivity index (χ4n) is 3.59. The first-order valence-corrected chi connectivity index (χ1v) is 10.4. The van der Waals surface area contributed by atoms with Crippen molar-refractivity contribution in [1.82, 2.24) is 4.98 Å². The van der Waals surface area contributed by atoms with E-state index in [1.54, 1.807) is 30.3 Å². The Kier molecular flexibility index (Phi) is 5.49. The van der Waals surface area contributed by atoms with Crippen molar-refractivity contribution in [2.24, 2.45) is 0 Å². The standard InChI is InChI=1S/C27H24N2O3/c1-27(2,3)20-12-8-17(9-13-20)21-6-4-5-7-22(21)25(30)29-24-15-11-18-16-19(26(31)32)10-14-23(18)28-24/h4-16H,1-3H3,(H,31,32)(H,28,29,30). The average molecular weight is 425 g/mol. The van der Waals surface area contributed by atoms with E-state index in [2.05, 4.69) is 43.2 Å². The smallest absolute Gasteiger partial charge is 0.335 e. The quantitative estimate of drug-likeness (QED) is 0.412. The molecule has 0 spiro atoms. The molecule has 0 aliphatic carbocycles. The van der Waals surface area contributed by atoms with E-state index in [9.17, 15) is 9.59 Å². The lowest BCUT2D eigenvalue weighted by Crippen LogP contribution is -2.14. The average Bonchev–Trinajstić information content (AvgIpc) is 2.78. The van der Waals surface area contributed by atoms with Crippen LogP contribution in [-0.2, 0) is 5.41 Å². The van der Waals surface area contributed by atoms with Crippen LogP contribution in [0, 0.1) is 0 Å². The number of fused-ring (bicyclic) bond motifs is 1. The molecule has 0 aliphatic heterocycles. The molecule has 4 rings (SSSR count). The van der Waals surface area contributed by atoms with E-state index in [1.807, 2.05) is 30.3 Å².